The molecule has 2 aliphatic rings. The quantitative estimate of drug-likeness (QED) is 0.527. The number of aromatic nitrogens is 1. The molecular formula is C13H15BrN4O3S. The third kappa shape index (κ3) is 3.02. The normalized spacial score (nSPS) is 23.8. The topological polar surface area (TPSA) is 110 Å². The summed E-state index contributed by atoms with van der Waals surface area (Å²) in [4.78, 5) is 4.64. The highest BCUT2D eigenvalue weighted by Gasteiger charge is 2.27. The van der Waals surface area contributed by atoms with Crippen LogP contribution in [-0.4, -0.2) is 50.8 Å². The van der Waals surface area contributed by atoms with E-state index >= 15 is 0 Å². The van der Waals surface area contributed by atoms with Crippen LogP contribution in [0.5, 0.6) is 5.88 Å². The van der Waals surface area contributed by atoms with Crippen molar-refractivity contribution >= 4 is 38.3 Å². The Hall–Kier alpha value is -1.42. The molecule has 2 heterocycles. The SMILES string of the molecule is OCC(O)CN/C1=N\C2CC(=CC=C2Br)Nc2snc(O)c21. The van der Waals surface area contributed by atoms with Crippen LogP contribution in [0.3, 0.4) is 0 Å². The molecule has 7 nitrogen and oxygen atoms in total. The van der Waals surface area contributed by atoms with Gasteiger partial charge in [0.25, 0.3) is 0 Å². The van der Waals surface area contributed by atoms with E-state index in [0.717, 1.165) is 21.7 Å². The number of nitrogens with zero attached hydrogens (tertiary/aromatic N) is 2. The second-order valence-corrected chi connectivity index (χ2v) is 6.68. The van der Waals surface area contributed by atoms with Crippen LogP contribution in [0.4, 0.5) is 5.00 Å². The van der Waals surface area contributed by atoms with Crippen molar-refractivity contribution in [3.05, 3.63) is 27.9 Å². The predicted octanol–water partition coefficient (Wildman–Crippen LogP) is 0.899. The van der Waals surface area contributed by atoms with E-state index < -0.39 is 6.10 Å². The summed E-state index contributed by atoms with van der Waals surface area (Å²) in [7, 11) is 0. The second kappa shape index (κ2) is 6.37. The molecule has 0 amide bonds. The Morgan fingerprint density at radius 3 is 3.09 bits per heavy atom. The van der Waals surface area contributed by atoms with Gasteiger partial charge in [-0.15, -0.1) is 0 Å². The van der Waals surface area contributed by atoms with Crippen molar-refractivity contribution < 1.29 is 15.3 Å². The number of aliphatic hydroxyl groups excluding tert-OH is 2. The minimum absolute atomic E-state index is 0.113. The summed E-state index contributed by atoms with van der Waals surface area (Å²) in [6.45, 7) is -0.222. The first-order valence-corrected chi connectivity index (χ1v) is 8.28. The third-order valence-electron chi connectivity index (χ3n) is 3.36. The van der Waals surface area contributed by atoms with Gasteiger partial charge in [-0.1, -0.05) is 15.9 Å². The number of amidine groups is 1. The highest BCUT2D eigenvalue weighted by atomic mass is 79.9. The first kappa shape index (κ1) is 15.5. The monoisotopic (exact) mass is 386 g/mol. The minimum atomic E-state index is -0.904. The Labute approximate surface area is 139 Å². The van der Waals surface area contributed by atoms with Gasteiger partial charge in [0.15, 0.2) is 0 Å². The summed E-state index contributed by atoms with van der Waals surface area (Å²) in [5.41, 5.74) is 1.48. The van der Waals surface area contributed by atoms with E-state index in [1.54, 1.807) is 0 Å². The fourth-order valence-corrected chi connectivity index (χ4v) is 3.35. The standard InChI is InChI=1S/C13H15BrN4O3S/c14-8-2-1-6-3-9(8)17-11(15-4-7(20)5-19)10-12(21)18-22-13(10)16-6/h1-2,7,9,16,19-20H,3-5H2,(H,15,17)(H,18,21). The van der Waals surface area contributed by atoms with Crippen LogP contribution < -0.4 is 10.6 Å². The molecule has 0 spiro atoms. The van der Waals surface area contributed by atoms with Gasteiger partial charge in [-0.05, 0) is 23.7 Å². The van der Waals surface area contributed by atoms with Crippen molar-refractivity contribution in [2.45, 2.75) is 18.6 Å². The molecule has 0 saturated heterocycles. The largest absolute Gasteiger partial charge is 0.492 e. The van der Waals surface area contributed by atoms with Crippen LogP contribution in [0.1, 0.15) is 12.0 Å². The lowest BCUT2D eigenvalue weighted by atomic mass is 10.0. The molecule has 9 heteroatoms. The Kier molecular flexibility index (Phi) is 4.48. The number of nitrogens with one attached hydrogen (secondary N) is 2. The van der Waals surface area contributed by atoms with Gasteiger partial charge >= 0.3 is 0 Å². The highest BCUT2D eigenvalue weighted by molar-refractivity contribution is 9.11. The van der Waals surface area contributed by atoms with E-state index in [9.17, 15) is 10.2 Å². The van der Waals surface area contributed by atoms with Crippen molar-refractivity contribution in [3.63, 3.8) is 0 Å². The Balaban J connectivity index is 1.98. The molecule has 2 atom stereocenters. The van der Waals surface area contributed by atoms with Crippen molar-refractivity contribution in [2.75, 3.05) is 18.5 Å². The maximum absolute atomic E-state index is 10.0. The number of aliphatic hydroxyl groups is 2. The molecule has 5 N–H and O–H groups in total. The lowest BCUT2D eigenvalue weighted by molar-refractivity contribution is 0.0982. The van der Waals surface area contributed by atoms with Crippen LogP contribution in [0.2, 0.25) is 0 Å². The fourth-order valence-electron chi connectivity index (χ4n) is 2.22. The average Bonchev–Trinajstić information content (AvgIpc) is 2.84. The number of anilines is 1. The van der Waals surface area contributed by atoms with Crippen molar-refractivity contribution in [1.29, 1.82) is 0 Å². The number of hydrogen-bond acceptors (Lipinski definition) is 8. The van der Waals surface area contributed by atoms with E-state index in [-0.39, 0.29) is 25.1 Å². The molecule has 0 radical (unpaired) electrons. The summed E-state index contributed by atoms with van der Waals surface area (Å²) in [6, 6.07) is -0.117. The number of allylic oxidation sites excluding steroid dienone is 2. The highest BCUT2D eigenvalue weighted by Crippen LogP contribution is 2.36. The molecule has 0 fully saturated rings. The Morgan fingerprint density at radius 2 is 2.32 bits per heavy atom. The van der Waals surface area contributed by atoms with Gasteiger partial charge in [0.2, 0.25) is 5.88 Å². The van der Waals surface area contributed by atoms with Gasteiger partial charge in [0.1, 0.15) is 16.4 Å². The summed E-state index contributed by atoms with van der Waals surface area (Å²) < 4.78 is 4.89. The molecule has 22 heavy (non-hydrogen) atoms. The first-order chi connectivity index (χ1) is 10.6. The third-order valence-corrected chi connectivity index (χ3v) is 4.91. The van der Waals surface area contributed by atoms with E-state index in [1.807, 2.05) is 12.2 Å². The molecule has 1 aliphatic carbocycles. The van der Waals surface area contributed by atoms with E-state index in [2.05, 4.69) is 35.9 Å². The van der Waals surface area contributed by atoms with Gasteiger partial charge in [-0.25, -0.2) is 0 Å². The number of aliphatic imine (C=N–C) groups is 1. The number of aromatic hydroxyl groups is 1. The Bertz CT molecular complexity index is 670. The predicted molar refractivity (Wildman–Crippen MR) is 88.5 cm³/mol. The number of rotatable bonds is 3. The van der Waals surface area contributed by atoms with Gasteiger partial charge < -0.3 is 26.0 Å². The smallest absolute Gasteiger partial charge is 0.236 e. The maximum atomic E-state index is 10.0. The van der Waals surface area contributed by atoms with Crippen molar-refractivity contribution in [3.8, 4) is 5.88 Å². The van der Waals surface area contributed by atoms with Gasteiger partial charge in [-0.2, -0.15) is 4.37 Å². The molecule has 1 aromatic rings. The maximum Gasteiger partial charge on any atom is 0.236 e. The molecule has 0 aromatic carbocycles. The van der Waals surface area contributed by atoms with E-state index in [1.165, 1.54) is 0 Å². The van der Waals surface area contributed by atoms with E-state index in [0.29, 0.717) is 22.8 Å². The molecule has 2 unspecified atom stereocenters. The Morgan fingerprint density at radius 1 is 1.50 bits per heavy atom. The first-order valence-electron chi connectivity index (χ1n) is 6.71. The van der Waals surface area contributed by atoms with Crippen molar-refractivity contribution in [2.24, 2.45) is 4.99 Å². The summed E-state index contributed by atoms with van der Waals surface area (Å²) in [5, 5.41) is 35.4. The zero-order valence-corrected chi connectivity index (χ0v) is 13.9. The lowest BCUT2D eigenvalue weighted by Gasteiger charge is -2.24. The summed E-state index contributed by atoms with van der Waals surface area (Å²) >= 11 is 4.64. The van der Waals surface area contributed by atoms with Crippen LogP contribution >= 0.6 is 27.5 Å². The van der Waals surface area contributed by atoms with Crippen LogP contribution in [0.15, 0.2) is 27.3 Å². The molecular weight excluding hydrogens is 372 g/mol. The summed E-state index contributed by atoms with van der Waals surface area (Å²) in [6.07, 6.45) is 3.69. The molecule has 3 rings (SSSR count). The molecule has 118 valence electrons. The van der Waals surface area contributed by atoms with Gasteiger partial charge in [-0.3, -0.25) is 4.99 Å². The number of fused-ring (bicyclic) bond motifs is 3. The molecule has 0 saturated carbocycles. The summed E-state index contributed by atoms with van der Waals surface area (Å²) in [5.74, 6) is 0.329. The number of halogens is 1. The van der Waals surface area contributed by atoms with E-state index in [4.69, 9.17) is 5.11 Å². The minimum Gasteiger partial charge on any atom is -0.492 e. The fraction of sp³-hybridized carbons (Fsp3) is 0.385. The lowest BCUT2D eigenvalue weighted by Crippen LogP contribution is -2.36. The van der Waals surface area contributed by atoms with Crippen LogP contribution in [0, 0.1) is 0 Å². The second-order valence-electron chi connectivity index (χ2n) is 4.99. The number of hydrogen-bond donors (Lipinski definition) is 5. The van der Waals surface area contributed by atoms with Crippen LogP contribution in [0.25, 0.3) is 0 Å². The van der Waals surface area contributed by atoms with Gasteiger partial charge in [0, 0.05) is 23.1 Å². The molecule has 1 aliphatic heterocycles. The molecule has 2 bridgehead atoms. The zero-order valence-electron chi connectivity index (χ0n) is 11.5. The van der Waals surface area contributed by atoms with Crippen LogP contribution in [-0.2, 0) is 0 Å². The zero-order chi connectivity index (χ0) is 15.7. The van der Waals surface area contributed by atoms with Crippen molar-refractivity contribution in [1.82, 2.24) is 9.69 Å². The van der Waals surface area contributed by atoms with Gasteiger partial charge in [0.05, 0.1) is 18.8 Å². The molecule has 1 aromatic heterocycles. The average molecular weight is 387 g/mol.